The molecule has 0 atom stereocenters. The molecule has 0 spiro atoms. The fraction of sp³-hybridized carbons (Fsp3) is 0.250. The van der Waals surface area contributed by atoms with Crippen LogP contribution in [0.3, 0.4) is 0 Å². The Morgan fingerprint density at radius 3 is 2.64 bits per heavy atom. The lowest BCUT2D eigenvalue weighted by atomic mass is 10.1. The molecule has 0 saturated carbocycles. The molecule has 0 saturated heterocycles. The molecule has 0 aliphatic heterocycles. The fourth-order valence-electron chi connectivity index (χ4n) is 1.06. The molecule has 0 aromatic carbocycles. The lowest BCUT2D eigenvalue weighted by Gasteiger charge is -2.08. The molecule has 0 aliphatic rings. The average molecular weight is 202 g/mol. The van der Waals surface area contributed by atoms with Crippen molar-refractivity contribution >= 4 is 0 Å². The molecule has 0 amide bonds. The number of aromatic amines is 1. The van der Waals surface area contributed by atoms with Crippen molar-refractivity contribution in [2.75, 3.05) is 0 Å². The predicted octanol–water partition coefficient (Wildman–Crippen LogP) is 1.46. The Morgan fingerprint density at radius 2 is 2.14 bits per heavy atom. The van der Waals surface area contributed by atoms with Crippen molar-refractivity contribution in [3.63, 3.8) is 0 Å². The third-order valence-corrected chi connectivity index (χ3v) is 1.60. The zero-order valence-electron chi connectivity index (χ0n) is 6.85. The van der Waals surface area contributed by atoms with Crippen LogP contribution in [-0.2, 0) is 12.6 Å². The first-order valence-electron chi connectivity index (χ1n) is 3.61. The van der Waals surface area contributed by atoms with E-state index < -0.39 is 23.7 Å². The number of H-pyrrole nitrogens is 1. The molecule has 1 aromatic heterocycles. The van der Waals surface area contributed by atoms with Gasteiger partial charge < -0.3 is 4.98 Å². The number of nitrogens with zero attached hydrogens (tertiary/aromatic N) is 1. The van der Waals surface area contributed by atoms with Crippen LogP contribution in [0, 0.1) is 11.3 Å². The summed E-state index contributed by atoms with van der Waals surface area (Å²) in [6.07, 6.45) is -4.07. The first-order valence-corrected chi connectivity index (χ1v) is 3.61. The summed E-state index contributed by atoms with van der Waals surface area (Å²) in [5.41, 5.74) is -2.81. The van der Waals surface area contributed by atoms with Gasteiger partial charge >= 0.3 is 6.18 Å². The number of nitriles is 1. The van der Waals surface area contributed by atoms with Gasteiger partial charge in [0.25, 0.3) is 5.56 Å². The summed E-state index contributed by atoms with van der Waals surface area (Å²) >= 11 is 0. The normalized spacial score (nSPS) is 11.0. The molecule has 6 heteroatoms. The largest absolute Gasteiger partial charge is 0.422 e. The molecule has 0 bridgehead atoms. The van der Waals surface area contributed by atoms with Crippen LogP contribution in [0.15, 0.2) is 17.1 Å². The van der Waals surface area contributed by atoms with Crippen molar-refractivity contribution in [2.24, 2.45) is 0 Å². The van der Waals surface area contributed by atoms with E-state index in [1.807, 2.05) is 4.98 Å². The van der Waals surface area contributed by atoms with Gasteiger partial charge in [0.1, 0.15) is 5.56 Å². The summed E-state index contributed by atoms with van der Waals surface area (Å²) in [5.74, 6) is 0. The minimum Gasteiger partial charge on any atom is -0.329 e. The number of nitrogens with one attached hydrogen (secondary N) is 1. The molecule has 1 rings (SSSR count). The molecular formula is C8H5F3N2O. The number of halogens is 3. The number of pyridine rings is 1. The molecule has 3 nitrogen and oxygen atoms in total. The minimum atomic E-state index is -4.72. The van der Waals surface area contributed by atoms with Crippen molar-refractivity contribution in [3.05, 3.63) is 33.7 Å². The van der Waals surface area contributed by atoms with Crippen molar-refractivity contribution in [1.29, 1.82) is 5.26 Å². The van der Waals surface area contributed by atoms with Crippen LogP contribution in [0.25, 0.3) is 0 Å². The van der Waals surface area contributed by atoms with E-state index in [1.54, 1.807) is 6.07 Å². The Kier molecular flexibility index (Phi) is 2.60. The van der Waals surface area contributed by atoms with Gasteiger partial charge in [-0.25, -0.2) is 0 Å². The van der Waals surface area contributed by atoms with Crippen LogP contribution in [0.5, 0.6) is 0 Å². The zero-order valence-corrected chi connectivity index (χ0v) is 6.85. The first kappa shape index (κ1) is 10.3. The Bertz CT molecular complexity index is 427. The third-order valence-electron chi connectivity index (χ3n) is 1.60. The van der Waals surface area contributed by atoms with Crippen molar-refractivity contribution in [3.8, 4) is 6.07 Å². The lowest BCUT2D eigenvalue weighted by Crippen LogP contribution is -2.23. The molecule has 0 unspecified atom stereocenters. The maximum absolute atomic E-state index is 12.3. The van der Waals surface area contributed by atoms with Crippen molar-refractivity contribution < 1.29 is 13.2 Å². The van der Waals surface area contributed by atoms with E-state index in [2.05, 4.69) is 0 Å². The summed E-state index contributed by atoms with van der Waals surface area (Å²) in [4.78, 5) is 12.8. The Morgan fingerprint density at radius 1 is 1.50 bits per heavy atom. The van der Waals surface area contributed by atoms with Crippen molar-refractivity contribution in [2.45, 2.75) is 12.6 Å². The van der Waals surface area contributed by atoms with Gasteiger partial charge in [-0.05, 0) is 11.6 Å². The Hall–Kier alpha value is -1.77. The summed E-state index contributed by atoms with van der Waals surface area (Å²) in [6, 6.07) is 2.65. The minimum absolute atomic E-state index is 0.302. The van der Waals surface area contributed by atoms with Gasteiger partial charge in [0.2, 0.25) is 0 Å². The van der Waals surface area contributed by atoms with E-state index >= 15 is 0 Å². The highest BCUT2D eigenvalue weighted by atomic mass is 19.4. The maximum Gasteiger partial charge on any atom is 0.422 e. The van der Waals surface area contributed by atoms with Crippen LogP contribution < -0.4 is 5.56 Å². The molecule has 0 radical (unpaired) electrons. The zero-order chi connectivity index (χ0) is 10.8. The van der Waals surface area contributed by atoms with E-state index in [4.69, 9.17) is 5.26 Å². The second-order valence-corrected chi connectivity index (χ2v) is 2.54. The maximum atomic E-state index is 12.3. The van der Waals surface area contributed by atoms with Gasteiger partial charge in [-0.3, -0.25) is 4.79 Å². The summed E-state index contributed by atoms with van der Waals surface area (Å²) in [6.45, 7) is 0. The number of hydrogen-bond donors (Lipinski definition) is 1. The topological polar surface area (TPSA) is 56.6 Å². The molecule has 0 fully saturated rings. The second-order valence-electron chi connectivity index (χ2n) is 2.54. The van der Waals surface area contributed by atoms with Crippen molar-refractivity contribution in [1.82, 2.24) is 4.98 Å². The standard InChI is InChI=1S/C8H5F3N2O/c9-8(10,11)6-5(1-3-12)2-4-13-7(6)14/h2,4H,1H2,(H,13,14). The second kappa shape index (κ2) is 3.54. The van der Waals surface area contributed by atoms with E-state index in [-0.39, 0.29) is 5.56 Å². The van der Waals surface area contributed by atoms with Crippen LogP contribution in [0.1, 0.15) is 11.1 Å². The summed E-state index contributed by atoms with van der Waals surface area (Å²) < 4.78 is 36.9. The molecule has 74 valence electrons. The van der Waals surface area contributed by atoms with Gasteiger partial charge in [0.05, 0.1) is 12.5 Å². The molecule has 1 aromatic rings. The highest BCUT2D eigenvalue weighted by molar-refractivity contribution is 5.28. The molecular weight excluding hydrogens is 197 g/mol. The SMILES string of the molecule is N#CCc1cc[nH]c(=O)c1C(F)(F)F. The number of hydrogen-bond acceptors (Lipinski definition) is 2. The quantitative estimate of drug-likeness (QED) is 0.749. The lowest BCUT2D eigenvalue weighted by molar-refractivity contribution is -0.139. The van der Waals surface area contributed by atoms with Gasteiger partial charge in [0.15, 0.2) is 0 Å². The van der Waals surface area contributed by atoms with E-state index in [9.17, 15) is 18.0 Å². The van der Waals surface area contributed by atoms with Crippen LogP contribution in [-0.4, -0.2) is 4.98 Å². The highest BCUT2D eigenvalue weighted by Crippen LogP contribution is 2.28. The molecule has 1 N–H and O–H groups in total. The molecule has 0 aliphatic carbocycles. The summed E-state index contributed by atoms with van der Waals surface area (Å²) in [7, 11) is 0. The van der Waals surface area contributed by atoms with Crippen LogP contribution in [0.2, 0.25) is 0 Å². The smallest absolute Gasteiger partial charge is 0.329 e. The highest BCUT2D eigenvalue weighted by Gasteiger charge is 2.36. The Balaban J connectivity index is 3.39. The number of aromatic nitrogens is 1. The molecule has 14 heavy (non-hydrogen) atoms. The first-order chi connectivity index (χ1) is 6.46. The van der Waals surface area contributed by atoms with Gasteiger partial charge in [-0.1, -0.05) is 0 Å². The van der Waals surface area contributed by atoms with Crippen LogP contribution in [0.4, 0.5) is 13.2 Å². The van der Waals surface area contributed by atoms with E-state index in [0.29, 0.717) is 0 Å². The van der Waals surface area contributed by atoms with E-state index in [0.717, 1.165) is 12.3 Å². The number of alkyl halides is 3. The fourth-order valence-corrected chi connectivity index (χ4v) is 1.06. The summed E-state index contributed by atoms with van der Waals surface area (Å²) in [5, 5.41) is 8.27. The monoisotopic (exact) mass is 202 g/mol. The average Bonchev–Trinajstić information content (AvgIpc) is 2.02. The van der Waals surface area contributed by atoms with Crippen LogP contribution >= 0.6 is 0 Å². The van der Waals surface area contributed by atoms with Gasteiger partial charge in [0, 0.05) is 6.20 Å². The number of rotatable bonds is 1. The van der Waals surface area contributed by atoms with E-state index in [1.165, 1.54) is 0 Å². The third kappa shape index (κ3) is 1.93. The van der Waals surface area contributed by atoms with Gasteiger partial charge in [-0.15, -0.1) is 0 Å². The Labute approximate surface area is 76.8 Å². The molecule has 1 heterocycles. The van der Waals surface area contributed by atoms with Gasteiger partial charge in [-0.2, -0.15) is 18.4 Å². The predicted molar refractivity (Wildman–Crippen MR) is 41.4 cm³/mol.